The van der Waals surface area contributed by atoms with Gasteiger partial charge < -0.3 is 4.90 Å². The molecule has 1 aliphatic carbocycles. The predicted molar refractivity (Wildman–Crippen MR) is 100 cm³/mol. The maximum Gasteiger partial charge on any atom is 0.237 e. The van der Waals surface area contributed by atoms with E-state index in [-0.39, 0.29) is 11.9 Å². The van der Waals surface area contributed by atoms with E-state index in [9.17, 15) is 4.79 Å². The smallest absolute Gasteiger partial charge is 0.237 e. The monoisotopic (exact) mass is 356 g/mol. The van der Waals surface area contributed by atoms with E-state index in [1.807, 2.05) is 17.0 Å². The Morgan fingerprint density at radius 3 is 2.92 bits per heavy atom. The number of hydrogen-bond donors (Lipinski definition) is 1. The summed E-state index contributed by atoms with van der Waals surface area (Å²) in [7, 11) is 0. The molecule has 2 heterocycles. The molecular formula is C19H24N4OS. The van der Waals surface area contributed by atoms with Crippen LogP contribution in [0.4, 0.5) is 5.69 Å². The van der Waals surface area contributed by atoms with Crippen molar-refractivity contribution in [1.82, 2.24) is 15.2 Å². The number of nitrogens with one attached hydrogen (secondary N) is 1. The third kappa shape index (κ3) is 3.45. The van der Waals surface area contributed by atoms with Gasteiger partial charge >= 0.3 is 0 Å². The first kappa shape index (κ1) is 16.6. The van der Waals surface area contributed by atoms with Crippen molar-refractivity contribution in [2.24, 2.45) is 0 Å². The van der Waals surface area contributed by atoms with Gasteiger partial charge in [-0.2, -0.15) is 0 Å². The molecule has 4 rings (SSSR count). The van der Waals surface area contributed by atoms with Crippen LogP contribution < -0.4 is 4.90 Å². The van der Waals surface area contributed by atoms with Crippen LogP contribution in [0.25, 0.3) is 0 Å². The van der Waals surface area contributed by atoms with Gasteiger partial charge in [0.15, 0.2) is 0 Å². The summed E-state index contributed by atoms with van der Waals surface area (Å²) in [5, 5.41) is 8.05. The minimum atomic E-state index is 0.136. The molecule has 6 heteroatoms. The summed E-state index contributed by atoms with van der Waals surface area (Å²) < 4.78 is 0. The maximum atomic E-state index is 12.8. The molecule has 1 saturated carbocycles. The number of carbonyl (C=O) groups is 1. The van der Waals surface area contributed by atoms with Crippen molar-refractivity contribution in [2.45, 2.75) is 62.6 Å². The fraction of sp³-hybridized carbons (Fsp3) is 0.526. The number of carbonyl (C=O) groups excluding carboxylic acids is 1. The lowest BCUT2D eigenvalue weighted by molar-refractivity contribution is -0.116. The Balaban J connectivity index is 1.42. The van der Waals surface area contributed by atoms with Crippen molar-refractivity contribution in [2.75, 3.05) is 10.7 Å². The van der Waals surface area contributed by atoms with Gasteiger partial charge in [0.05, 0.1) is 5.75 Å². The van der Waals surface area contributed by atoms with Crippen LogP contribution in [0.5, 0.6) is 0 Å². The Kier molecular flexibility index (Phi) is 4.79. The second-order valence-corrected chi connectivity index (χ2v) is 8.00. The fourth-order valence-electron chi connectivity index (χ4n) is 3.97. The van der Waals surface area contributed by atoms with E-state index in [0.717, 1.165) is 24.4 Å². The highest BCUT2D eigenvalue weighted by atomic mass is 32.2. The van der Waals surface area contributed by atoms with E-state index in [1.54, 1.807) is 0 Å². The number of aromatic amines is 1. The van der Waals surface area contributed by atoms with E-state index in [0.29, 0.717) is 16.8 Å². The lowest BCUT2D eigenvalue weighted by Gasteiger charge is -2.35. The summed E-state index contributed by atoms with van der Waals surface area (Å²) in [4.78, 5) is 19.4. The average Bonchev–Trinajstić information content (AvgIpc) is 3.31. The minimum Gasteiger partial charge on any atom is -0.309 e. The van der Waals surface area contributed by atoms with Gasteiger partial charge in [-0.15, -0.1) is 5.10 Å². The molecule has 1 atom stereocenters. The molecule has 2 aromatic rings. The van der Waals surface area contributed by atoms with Crippen molar-refractivity contribution in [3.8, 4) is 0 Å². The third-order valence-electron chi connectivity index (χ3n) is 5.34. The van der Waals surface area contributed by atoms with Gasteiger partial charge in [-0.1, -0.05) is 42.8 Å². The molecule has 132 valence electrons. The molecule has 1 amide bonds. The van der Waals surface area contributed by atoms with Crippen LogP contribution >= 0.6 is 11.8 Å². The Morgan fingerprint density at radius 1 is 1.28 bits per heavy atom. The van der Waals surface area contributed by atoms with Crippen LogP contribution in [0, 0.1) is 0 Å². The minimum absolute atomic E-state index is 0.136. The molecule has 0 saturated heterocycles. The number of hydrogen-bond acceptors (Lipinski definition) is 4. The molecule has 1 aliphatic heterocycles. The lowest BCUT2D eigenvalue weighted by atomic mass is 9.97. The molecule has 2 aliphatic rings. The first-order valence-electron chi connectivity index (χ1n) is 9.17. The molecule has 0 spiro atoms. The molecule has 25 heavy (non-hydrogen) atoms. The van der Waals surface area contributed by atoms with E-state index >= 15 is 0 Å². The second kappa shape index (κ2) is 7.20. The topological polar surface area (TPSA) is 61.9 Å². The molecule has 1 aromatic carbocycles. The van der Waals surface area contributed by atoms with Crippen LogP contribution in [0.2, 0.25) is 0 Å². The number of H-pyrrole nitrogens is 1. The van der Waals surface area contributed by atoms with Crippen LogP contribution in [-0.2, 0) is 11.2 Å². The predicted octanol–water partition coefficient (Wildman–Crippen LogP) is 3.92. The maximum absolute atomic E-state index is 12.8. The van der Waals surface area contributed by atoms with E-state index in [2.05, 4.69) is 34.2 Å². The highest BCUT2D eigenvalue weighted by Crippen LogP contribution is 2.33. The number of thioether (sulfide) groups is 1. The quantitative estimate of drug-likeness (QED) is 0.844. The largest absolute Gasteiger partial charge is 0.309 e. The van der Waals surface area contributed by atoms with Crippen molar-refractivity contribution >= 4 is 23.4 Å². The SMILES string of the molecule is C[C@H]1CCc2ccccc2N1C(=O)CSc1n[nH]c(C2CCCC2)n1. The molecule has 0 radical (unpaired) electrons. The highest BCUT2D eigenvalue weighted by molar-refractivity contribution is 7.99. The zero-order valence-corrected chi connectivity index (χ0v) is 15.4. The van der Waals surface area contributed by atoms with Crippen LogP contribution in [0.1, 0.15) is 56.3 Å². The second-order valence-electron chi connectivity index (χ2n) is 7.05. The van der Waals surface area contributed by atoms with Gasteiger partial charge in [0.1, 0.15) is 5.82 Å². The van der Waals surface area contributed by atoms with Crippen molar-refractivity contribution in [1.29, 1.82) is 0 Å². The number of anilines is 1. The van der Waals surface area contributed by atoms with Gasteiger partial charge in [-0.05, 0) is 44.2 Å². The molecule has 1 aromatic heterocycles. The number of aromatic nitrogens is 3. The summed E-state index contributed by atoms with van der Waals surface area (Å²) in [6.07, 6.45) is 7.00. The fourth-order valence-corrected chi connectivity index (χ4v) is 4.63. The number of nitrogens with zero attached hydrogens (tertiary/aromatic N) is 3. The number of amides is 1. The third-order valence-corrected chi connectivity index (χ3v) is 6.17. The molecule has 1 fully saturated rings. The van der Waals surface area contributed by atoms with E-state index in [4.69, 9.17) is 0 Å². The molecule has 0 unspecified atom stereocenters. The van der Waals surface area contributed by atoms with Gasteiger partial charge in [0.2, 0.25) is 11.1 Å². The highest BCUT2D eigenvalue weighted by Gasteiger charge is 2.28. The molecule has 1 N–H and O–H groups in total. The van der Waals surface area contributed by atoms with E-state index < -0.39 is 0 Å². The molecule has 0 bridgehead atoms. The Hall–Kier alpha value is -1.82. The summed E-state index contributed by atoms with van der Waals surface area (Å²) in [5.41, 5.74) is 2.33. The summed E-state index contributed by atoms with van der Waals surface area (Å²) in [6, 6.07) is 8.47. The van der Waals surface area contributed by atoms with Crippen LogP contribution in [0.3, 0.4) is 0 Å². The normalized spacial score (nSPS) is 20.7. The van der Waals surface area contributed by atoms with Crippen molar-refractivity contribution in [3.05, 3.63) is 35.7 Å². The summed E-state index contributed by atoms with van der Waals surface area (Å²) >= 11 is 1.43. The average molecular weight is 356 g/mol. The number of para-hydroxylation sites is 1. The Bertz CT molecular complexity index is 753. The van der Waals surface area contributed by atoms with Crippen molar-refractivity contribution in [3.63, 3.8) is 0 Å². The van der Waals surface area contributed by atoms with Gasteiger partial charge in [0.25, 0.3) is 0 Å². The standard InChI is InChI=1S/C19H24N4OS/c1-13-10-11-14-6-4-5-9-16(14)23(13)17(24)12-25-19-20-18(21-22-19)15-7-2-3-8-15/h4-6,9,13,15H,2-3,7-8,10-12H2,1H3,(H,20,21,22)/t13-/m0/s1. The summed E-state index contributed by atoms with van der Waals surface area (Å²) in [6.45, 7) is 2.13. The Morgan fingerprint density at radius 2 is 2.08 bits per heavy atom. The number of fused-ring (bicyclic) bond motifs is 1. The van der Waals surface area contributed by atoms with Crippen LogP contribution in [0.15, 0.2) is 29.4 Å². The van der Waals surface area contributed by atoms with Gasteiger partial charge in [-0.25, -0.2) is 4.98 Å². The zero-order valence-electron chi connectivity index (χ0n) is 14.6. The van der Waals surface area contributed by atoms with E-state index in [1.165, 1.54) is 43.0 Å². The first-order chi connectivity index (χ1) is 12.2. The van der Waals surface area contributed by atoms with Gasteiger partial charge in [0, 0.05) is 17.6 Å². The van der Waals surface area contributed by atoms with Gasteiger partial charge in [-0.3, -0.25) is 9.89 Å². The first-order valence-corrected chi connectivity index (χ1v) is 10.2. The number of benzene rings is 1. The van der Waals surface area contributed by atoms with Crippen molar-refractivity contribution < 1.29 is 4.79 Å². The Labute approximate surface area is 152 Å². The lowest BCUT2D eigenvalue weighted by Crippen LogP contribution is -2.43. The zero-order chi connectivity index (χ0) is 17.2. The number of rotatable bonds is 4. The molecule has 5 nitrogen and oxygen atoms in total. The van der Waals surface area contributed by atoms with Crippen LogP contribution in [-0.4, -0.2) is 32.9 Å². The molecular weight excluding hydrogens is 332 g/mol. The summed E-state index contributed by atoms with van der Waals surface area (Å²) in [5.74, 6) is 2.02. The number of aryl methyl sites for hydroxylation is 1.